The van der Waals surface area contributed by atoms with Gasteiger partial charge >= 0.3 is 0 Å². The third-order valence-electron chi connectivity index (χ3n) is 2.56. The minimum atomic E-state index is -3.65. The number of amides is 1. The first-order chi connectivity index (χ1) is 7.88. The van der Waals surface area contributed by atoms with Gasteiger partial charge < -0.3 is 5.73 Å². The fourth-order valence-electron chi connectivity index (χ4n) is 1.33. The minimum absolute atomic E-state index is 0.137. The van der Waals surface area contributed by atoms with Crippen molar-refractivity contribution in [1.29, 1.82) is 0 Å². The number of thiophene rings is 1. The van der Waals surface area contributed by atoms with Crippen LogP contribution in [0.1, 0.15) is 20.3 Å². The molecule has 1 amide bonds. The summed E-state index contributed by atoms with van der Waals surface area (Å²) in [7, 11) is -3.65. The Morgan fingerprint density at radius 3 is 2.65 bits per heavy atom. The summed E-state index contributed by atoms with van der Waals surface area (Å²) in [4.78, 5) is 11.2. The zero-order chi connectivity index (χ0) is 13.1. The molecule has 1 aromatic heterocycles. The first-order valence-corrected chi connectivity index (χ1v) is 7.60. The van der Waals surface area contributed by atoms with Crippen LogP contribution in [0, 0.1) is 5.92 Å². The van der Waals surface area contributed by atoms with Crippen molar-refractivity contribution in [3.05, 3.63) is 17.5 Å². The van der Waals surface area contributed by atoms with Gasteiger partial charge in [0.15, 0.2) is 0 Å². The van der Waals surface area contributed by atoms with Gasteiger partial charge in [0.25, 0.3) is 10.0 Å². The summed E-state index contributed by atoms with van der Waals surface area (Å²) >= 11 is 1.10. The lowest BCUT2D eigenvalue weighted by Gasteiger charge is -2.20. The molecule has 0 aromatic carbocycles. The van der Waals surface area contributed by atoms with E-state index in [1.54, 1.807) is 18.4 Å². The molecule has 96 valence electrons. The summed E-state index contributed by atoms with van der Waals surface area (Å²) in [5.74, 6) is -0.790. The van der Waals surface area contributed by atoms with E-state index in [4.69, 9.17) is 5.73 Å². The van der Waals surface area contributed by atoms with Crippen LogP contribution in [0.5, 0.6) is 0 Å². The summed E-state index contributed by atoms with van der Waals surface area (Å²) in [6.45, 7) is 3.66. The molecule has 1 rings (SSSR count). The maximum atomic E-state index is 11.9. The van der Waals surface area contributed by atoms with Crippen molar-refractivity contribution in [3.8, 4) is 0 Å². The van der Waals surface area contributed by atoms with Gasteiger partial charge in [-0.3, -0.25) is 4.79 Å². The topological polar surface area (TPSA) is 89.3 Å². The van der Waals surface area contributed by atoms with Gasteiger partial charge in [-0.15, -0.1) is 11.3 Å². The largest absolute Gasteiger partial charge is 0.368 e. The zero-order valence-corrected chi connectivity index (χ0v) is 11.3. The fraction of sp³-hybridized carbons (Fsp3) is 0.500. The van der Waals surface area contributed by atoms with Crippen LogP contribution >= 0.6 is 11.3 Å². The molecule has 0 aliphatic rings. The Hall–Kier alpha value is -0.920. The smallest absolute Gasteiger partial charge is 0.250 e. The van der Waals surface area contributed by atoms with E-state index in [-0.39, 0.29) is 10.1 Å². The van der Waals surface area contributed by atoms with Gasteiger partial charge in [-0.05, 0) is 17.4 Å². The summed E-state index contributed by atoms with van der Waals surface area (Å²) in [5, 5.41) is 1.66. The molecule has 2 atom stereocenters. The molecule has 0 spiro atoms. The van der Waals surface area contributed by atoms with Crippen molar-refractivity contribution in [2.45, 2.75) is 30.5 Å². The normalized spacial score (nSPS) is 15.4. The van der Waals surface area contributed by atoms with Crippen LogP contribution in [-0.2, 0) is 14.8 Å². The Balaban J connectivity index is 2.92. The highest BCUT2D eigenvalue weighted by Crippen LogP contribution is 2.17. The molecule has 0 aliphatic carbocycles. The van der Waals surface area contributed by atoms with Crippen LogP contribution in [-0.4, -0.2) is 20.4 Å². The Bertz CT molecular complexity index is 468. The molecular weight excluding hydrogens is 260 g/mol. The van der Waals surface area contributed by atoms with Crippen molar-refractivity contribution in [2.75, 3.05) is 0 Å². The van der Waals surface area contributed by atoms with Crippen molar-refractivity contribution in [1.82, 2.24) is 4.72 Å². The molecule has 1 heterocycles. The third-order valence-corrected chi connectivity index (χ3v) is 5.40. The maximum Gasteiger partial charge on any atom is 0.250 e. The number of nitrogens with one attached hydrogen (secondary N) is 1. The van der Waals surface area contributed by atoms with E-state index in [0.717, 1.165) is 11.3 Å². The van der Waals surface area contributed by atoms with E-state index in [0.29, 0.717) is 6.42 Å². The minimum Gasteiger partial charge on any atom is -0.368 e. The zero-order valence-electron chi connectivity index (χ0n) is 9.71. The predicted octanol–water partition coefficient (Wildman–Crippen LogP) is 0.926. The summed E-state index contributed by atoms with van der Waals surface area (Å²) in [5.41, 5.74) is 5.21. The Labute approximate surface area is 105 Å². The first kappa shape index (κ1) is 14.1. The standard InChI is InChI=1S/C10H16N2O3S2/c1-3-7(2)9(10(11)13)12-17(14,15)8-5-4-6-16-8/h4-7,9,12H,3H2,1-2H3,(H2,11,13). The second kappa shape index (κ2) is 5.61. The molecule has 0 saturated carbocycles. The summed E-state index contributed by atoms with van der Waals surface area (Å²) in [6.07, 6.45) is 0.667. The highest BCUT2D eigenvalue weighted by molar-refractivity contribution is 7.91. The average molecular weight is 276 g/mol. The molecular formula is C10H16N2O3S2. The van der Waals surface area contributed by atoms with Crippen LogP contribution in [0.3, 0.4) is 0 Å². The highest BCUT2D eigenvalue weighted by Gasteiger charge is 2.28. The monoisotopic (exact) mass is 276 g/mol. The summed E-state index contributed by atoms with van der Waals surface area (Å²) in [6, 6.07) is 2.26. The van der Waals surface area contributed by atoms with Gasteiger partial charge in [-0.1, -0.05) is 26.3 Å². The number of carbonyl (C=O) groups excluding carboxylic acids is 1. The molecule has 5 nitrogen and oxygen atoms in total. The van der Waals surface area contributed by atoms with E-state index >= 15 is 0 Å². The van der Waals surface area contributed by atoms with Crippen LogP contribution in [0.25, 0.3) is 0 Å². The predicted molar refractivity (Wildman–Crippen MR) is 67.1 cm³/mol. The van der Waals surface area contributed by atoms with Crippen LogP contribution < -0.4 is 10.5 Å². The molecule has 1 aromatic rings. The molecule has 17 heavy (non-hydrogen) atoms. The SMILES string of the molecule is CCC(C)C(NS(=O)(=O)c1cccs1)C(N)=O. The van der Waals surface area contributed by atoms with Crippen molar-refractivity contribution >= 4 is 27.3 Å². The number of sulfonamides is 1. The van der Waals surface area contributed by atoms with Crippen LogP contribution in [0.2, 0.25) is 0 Å². The number of carbonyl (C=O) groups is 1. The first-order valence-electron chi connectivity index (χ1n) is 5.23. The molecule has 0 radical (unpaired) electrons. The highest BCUT2D eigenvalue weighted by atomic mass is 32.2. The fourth-order valence-corrected chi connectivity index (χ4v) is 3.65. The summed E-state index contributed by atoms with van der Waals surface area (Å²) < 4.78 is 26.4. The van der Waals surface area contributed by atoms with Crippen molar-refractivity contribution in [3.63, 3.8) is 0 Å². The van der Waals surface area contributed by atoms with E-state index in [9.17, 15) is 13.2 Å². The van der Waals surface area contributed by atoms with Gasteiger partial charge in [0.05, 0.1) is 0 Å². The number of nitrogens with two attached hydrogens (primary N) is 1. The van der Waals surface area contributed by atoms with Gasteiger partial charge in [0.2, 0.25) is 5.91 Å². The van der Waals surface area contributed by atoms with E-state index < -0.39 is 22.0 Å². The lowest BCUT2D eigenvalue weighted by atomic mass is 10.00. The molecule has 0 aliphatic heterocycles. The number of hydrogen-bond donors (Lipinski definition) is 2. The van der Waals surface area contributed by atoms with Crippen LogP contribution in [0.15, 0.2) is 21.7 Å². The lowest BCUT2D eigenvalue weighted by Crippen LogP contribution is -2.48. The Morgan fingerprint density at radius 2 is 2.24 bits per heavy atom. The number of rotatable bonds is 6. The van der Waals surface area contributed by atoms with Crippen molar-refractivity contribution in [2.24, 2.45) is 11.7 Å². The number of primary amides is 1. The quantitative estimate of drug-likeness (QED) is 0.810. The van der Waals surface area contributed by atoms with Crippen molar-refractivity contribution < 1.29 is 13.2 Å². The van der Waals surface area contributed by atoms with Crippen LogP contribution in [0.4, 0.5) is 0 Å². The van der Waals surface area contributed by atoms with E-state index in [1.165, 1.54) is 6.07 Å². The molecule has 3 N–H and O–H groups in total. The molecule has 7 heteroatoms. The Morgan fingerprint density at radius 1 is 1.59 bits per heavy atom. The van der Waals surface area contributed by atoms with E-state index in [1.807, 2.05) is 6.92 Å². The third kappa shape index (κ3) is 3.52. The maximum absolute atomic E-state index is 11.9. The average Bonchev–Trinajstić information content (AvgIpc) is 2.78. The molecule has 0 bridgehead atoms. The van der Waals surface area contributed by atoms with Gasteiger partial charge in [-0.2, -0.15) is 4.72 Å². The number of hydrogen-bond acceptors (Lipinski definition) is 4. The molecule has 0 fully saturated rings. The Kier molecular flexibility index (Phi) is 4.67. The lowest BCUT2D eigenvalue weighted by molar-refractivity contribution is -0.120. The van der Waals surface area contributed by atoms with Gasteiger partial charge in [-0.25, -0.2) is 8.42 Å². The van der Waals surface area contributed by atoms with Gasteiger partial charge in [0.1, 0.15) is 10.3 Å². The second-order valence-electron chi connectivity index (χ2n) is 3.82. The van der Waals surface area contributed by atoms with E-state index in [2.05, 4.69) is 4.72 Å². The second-order valence-corrected chi connectivity index (χ2v) is 6.71. The molecule has 0 saturated heterocycles. The van der Waals surface area contributed by atoms with Gasteiger partial charge in [0, 0.05) is 0 Å². The molecule has 2 unspecified atom stereocenters.